The summed E-state index contributed by atoms with van der Waals surface area (Å²) in [5.41, 5.74) is 3.27. The molecule has 3 heterocycles. The average Bonchev–Trinajstić information content (AvgIpc) is 3.08. The van der Waals surface area contributed by atoms with Gasteiger partial charge in [-0.05, 0) is 37.6 Å². The summed E-state index contributed by atoms with van der Waals surface area (Å²) in [5, 5.41) is 5.51. The van der Waals surface area contributed by atoms with E-state index in [1.807, 2.05) is 49.4 Å². The first-order valence-corrected chi connectivity index (χ1v) is 11.0. The first-order chi connectivity index (χ1) is 16.0. The van der Waals surface area contributed by atoms with Gasteiger partial charge in [0.1, 0.15) is 16.7 Å². The Labute approximate surface area is 194 Å². The van der Waals surface area contributed by atoms with Gasteiger partial charge in [0.25, 0.3) is 5.56 Å². The van der Waals surface area contributed by atoms with Crippen molar-refractivity contribution in [3.05, 3.63) is 75.3 Å². The van der Waals surface area contributed by atoms with Gasteiger partial charge in [-0.3, -0.25) is 9.36 Å². The maximum absolute atomic E-state index is 13.8. The van der Waals surface area contributed by atoms with Crippen LogP contribution in [0.25, 0.3) is 33.2 Å². The number of aromatic nitrogens is 5. The van der Waals surface area contributed by atoms with Gasteiger partial charge in [0, 0.05) is 11.9 Å². The Bertz CT molecular complexity index is 1620. The third kappa shape index (κ3) is 3.62. The lowest BCUT2D eigenvalue weighted by atomic mass is 10.2. The van der Waals surface area contributed by atoms with E-state index < -0.39 is 0 Å². The smallest absolute Gasteiger partial charge is 0.265 e. The zero-order chi connectivity index (χ0) is 23.1. The van der Waals surface area contributed by atoms with Crippen molar-refractivity contribution in [1.29, 1.82) is 0 Å². The van der Waals surface area contributed by atoms with Gasteiger partial charge in [-0.25, -0.2) is 15.0 Å². The highest BCUT2D eigenvalue weighted by Crippen LogP contribution is 2.26. The minimum atomic E-state index is -0.227. The number of halogens is 1. The predicted octanol–water partition coefficient (Wildman–Crippen LogP) is 4.52. The van der Waals surface area contributed by atoms with E-state index in [4.69, 9.17) is 31.3 Å². The Morgan fingerprint density at radius 3 is 2.45 bits per heavy atom. The van der Waals surface area contributed by atoms with Crippen LogP contribution in [0.5, 0.6) is 0 Å². The maximum Gasteiger partial charge on any atom is 0.265 e. The van der Waals surface area contributed by atoms with Crippen LogP contribution in [-0.2, 0) is 11.3 Å². The van der Waals surface area contributed by atoms with Crippen molar-refractivity contribution in [2.75, 3.05) is 6.61 Å². The van der Waals surface area contributed by atoms with Gasteiger partial charge in [-0.2, -0.15) is 4.68 Å². The average molecular weight is 461 g/mol. The summed E-state index contributed by atoms with van der Waals surface area (Å²) >= 11 is 6.35. The summed E-state index contributed by atoms with van der Waals surface area (Å²) in [4.78, 5) is 28.0. The number of hydrogen-bond acceptors (Lipinski definition) is 6. The molecule has 33 heavy (non-hydrogen) atoms. The van der Waals surface area contributed by atoms with Crippen molar-refractivity contribution in [1.82, 2.24) is 24.2 Å². The van der Waals surface area contributed by atoms with Crippen LogP contribution in [0.3, 0.4) is 0 Å². The highest BCUT2D eigenvalue weighted by Gasteiger charge is 2.22. The summed E-state index contributed by atoms with van der Waals surface area (Å²) in [5.74, 6) is 0.969. The topological polar surface area (TPSA) is 87.2 Å². The predicted molar refractivity (Wildman–Crippen MR) is 130 cm³/mol. The minimum absolute atomic E-state index is 0.227. The SMILES string of the molecule is CCO/C(C)=N\n1c2nc3ccccc3nc2c2c(=O)n(Cc3ccccc3Cl)c(C)nc21. The molecular weight excluding hydrogens is 440 g/mol. The quantitative estimate of drug-likeness (QED) is 0.290. The molecule has 5 rings (SSSR count). The van der Waals surface area contributed by atoms with Crippen LogP contribution in [0.4, 0.5) is 0 Å². The molecule has 2 aromatic carbocycles. The second-order valence-corrected chi connectivity index (χ2v) is 8.00. The lowest BCUT2D eigenvalue weighted by Gasteiger charge is -2.11. The number of benzene rings is 2. The summed E-state index contributed by atoms with van der Waals surface area (Å²) < 4.78 is 8.68. The molecule has 3 aromatic heterocycles. The van der Waals surface area contributed by atoms with Crippen LogP contribution in [-0.4, -0.2) is 36.7 Å². The molecule has 0 spiro atoms. The summed E-state index contributed by atoms with van der Waals surface area (Å²) in [6, 6.07) is 15.0. The fourth-order valence-electron chi connectivity index (χ4n) is 3.87. The molecule has 0 atom stereocenters. The van der Waals surface area contributed by atoms with E-state index in [1.165, 1.54) is 0 Å². The van der Waals surface area contributed by atoms with Gasteiger partial charge in [-0.1, -0.05) is 41.9 Å². The Morgan fingerprint density at radius 1 is 1.03 bits per heavy atom. The van der Waals surface area contributed by atoms with E-state index in [1.54, 1.807) is 29.2 Å². The van der Waals surface area contributed by atoms with Crippen LogP contribution in [0, 0.1) is 6.92 Å². The lowest BCUT2D eigenvalue weighted by Crippen LogP contribution is -2.24. The molecule has 0 amide bonds. The van der Waals surface area contributed by atoms with Crippen molar-refractivity contribution >= 4 is 50.7 Å². The number of hydrogen-bond donors (Lipinski definition) is 0. The van der Waals surface area contributed by atoms with Gasteiger partial charge >= 0.3 is 0 Å². The van der Waals surface area contributed by atoms with Crippen LogP contribution in [0.1, 0.15) is 25.2 Å². The first-order valence-electron chi connectivity index (χ1n) is 10.6. The maximum atomic E-state index is 13.8. The monoisotopic (exact) mass is 460 g/mol. The number of nitrogens with zero attached hydrogens (tertiary/aromatic N) is 6. The normalized spacial score (nSPS) is 12.2. The molecule has 0 aliphatic carbocycles. The van der Waals surface area contributed by atoms with Gasteiger partial charge in [0.2, 0.25) is 5.90 Å². The Kier molecular flexibility index (Phi) is 5.30. The minimum Gasteiger partial charge on any atom is -0.480 e. The number of rotatable bonds is 4. The number of aryl methyl sites for hydroxylation is 1. The molecular formula is C24H21ClN6O2. The molecule has 0 saturated heterocycles. The summed E-state index contributed by atoms with van der Waals surface area (Å²) in [7, 11) is 0. The molecule has 9 heteroatoms. The standard InChI is InChI=1S/C24H21ClN6O2/c1-4-33-15(3)29-31-22-20(21-23(31)28-19-12-8-7-11-18(19)27-21)24(32)30(14(2)26-22)13-16-9-5-6-10-17(16)25/h5-12H,4,13H2,1-3H3/b29-15-. The third-order valence-corrected chi connectivity index (χ3v) is 5.78. The molecule has 0 aliphatic rings. The number of fused-ring (bicyclic) bond motifs is 4. The Morgan fingerprint density at radius 2 is 1.73 bits per heavy atom. The highest BCUT2D eigenvalue weighted by molar-refractivity contribution is 6.31. The van der Waals surface area contributed by atoms with Gasteiger partial charge < -0.3 is 4.74 Å². The molecule has 0 aliphatic heterocycles. The molecule has 5 aromatic rings. The third-order valence-electron chi connectivity index (χ3n) is 5.41. The Balaban J connectivity index is 1.86. The highest BCUT2D eigenvalue weighted by atomic mass is 35.5. The van der Waals surface area contributed by atoms with E-state index in [9.17, 15) is 4.79 Å². The largest absolute Gasteiger partial charge is 0.480 e. The van der Waals surface area contributed by atoms with E-state index in [0.717, 1.165) is 5.56 Å². The van der Waals surface area contributed by atoms with E-state index in [2.05, 4.69) is 5.10 Å². The Hall–Kier alpha value is -3.78. The van der Waals surface area contributed by atoms with Gasteiger partial charge in [0.05, 0.1) is 24.2 Å². The van der Waals surface area contributed by atoms with Crippen LogP contribution in [0.2, 0.25) is 5.02 Å². The second-order valence-electron chi connectivity index (χ2n) is 7.59. The van der Waals surface area contributed by atoms with Crippen molar-refractivity contribution < 1.29 is 4.74 Å². The van der Waals surface area contributed by atoms with Gasteiger partial charge in [0.15, 0.2) is 11.3 Å². The molecule has 0 unspecified atom stereocenters. The van der Waals surface area contributed by atoms with Crippen LogP contribution < -0.4 is 5.56 Å². The van der Waals surface area contributed by atoms with E-state index in [-0.39, 0.29) is 5.56 Å². The molecule has 0 fully saturated rings. The first kappa shape index (κ1) is 21.1. The zero-order valence-electron chi connectivity index (χ0n) is 18.4. The van der Waals surface area contributed by atoms with Crippen molar-refractivity contribution in [2.24, 2.45) is 5.10 Å². The number of ether oxygens (including phenoxy) is 1. The van der Waals surface area contributed by atoms with Crippen molar-refractivity contribution in [2.45, 2.75) is 27.3 Å². The molecule has 0 bridgehead atoms. The molecule has 166 valence electrons. The molecule has 8 nitrogen and oxygen atoms in total. The molecule has 0 N–H and O–H groups in total. The molecule has 0 saturated carbocycles. The van der Waals surface area contributed by atoms with Gasteiger partial charge in [-0.15, -0.1) is 5.10 Å². The fraction of sp³-hybridized carbons (Fsp3) is 0.208. The number of para-hydroxylation sites is 2. The van der Waals surface area contributed by atoms with Crippen molar-refractivity contribution in [3.8, 4) is 0 Å². The fourth-order valence-corrected chi connectivity index (χ4v) is 4.07. The second kappa shape index (κ2) is 8.29. The van der Waals surface area contributed by atoms with E-state index >= 15 is 0 Å². The van der Waals surface area contributed by atoms with Crippen LogP contribution in [0.15, 0.2) is 58.4 Å². The van der Waals surface area contributed by atoms with E-state index in [0.29, 0.717) is 63.1 Å². The van der Waals surface area contributed by atoms with Crippen molar-refractivity contribution in [3.63, 3.8) is 0 Å². The zero-order valence-corrected chi connectivity index (χ0v) is 19.2. The molecule has 0 radical (unpaired) electrons. The van der Waals surface area contributed by atoms with Crippen LogP contribution >= 0.6 is 11.6 Å². The lowest BCUT2D eigenvalue weighted by molar-refractivity contribution is 0.321. The summed E-state index contributed by atoms with van der Waals surface area (Å²) in [6.07, 6.45) is 0. The summed E-state index contributed by atoms with van der Waals surface area (Å²) in [6.45, 7) is 6.19.